The number of amides is 1. The molecular weight excluding hydrogens is 520 g/mol. The third-order valence-corrected chi connectivity index (χ3v) is 9.35. The molecule has 0 radical (unpaired) electrons. The van der Waals surface area contributed by atoms with Gasteiger partial charge in [0.2, 0.25) is 5.95 Å². The first-order valence-electron chi connectivity index (χ1n) is 14.1. The van der Waals surface area contributed by atoms with Crippen molar-refractivity contribution in [2.45, 2.75) is 51.1 Å². The lowest BCUT2D eigenvalue weighted by atomic mass is 10.0. The Hall–Kier alpha value is -3.63. The van der Waals surface area contributed by atoms with Crippen LogP contribution in [0, 0.1) is 6.92 Å². The zero-order valence-corrected chi connectivity index (χ0v) is 24.2. The molecule has 7 rings (SSSR count). The van der Waals surface area contributed by atoms with Gasteiger partial charge in [0.05, 0.1) is 10.2 Å². The number of likely N-dealkylation sites (tertiary alicyclic amines) is 1. The number of aromatic nitrogens is 4. The normalized spacial score (nSPS) is 20.4. The third kappa shape index (κ3) is 4.69. The van der Waals surface area contributed by atoms with Gasteiger partial charge < -0.3 is 15.1 Å². The summed E-state index contributed by atoms with van der Waals surface area (Å²) in [6.45, 7) is 7.42. The van der Waals surface area contributed by atoms with Crippen molar-refractivity contribution in [2.24, 2.45) is 0 Å². The predicted molar refractivity (Wildman–Crippen MR) is 160 cm³/mol. The fourth-order valence-corrected chi connectivity index (χ4v) is 7.00. The van der Waals surface area contributed by atoms with Crippen molar-refractivity contribution in [2.75, 3.05) is 43.9 Å². The number of anilines is 3. The summed E-state index contributed by atoms with van der Waals surface area (Å²) in [6.07, 6.45) is 5.41. The van der Waals surface area contributed by atoms with E-state index >= 15 is 0 Å². The molecule has 10 heteroatoms. The summed E-state index contributed by atoms with van der Waals surface area (Å²) in [5.41, 5.74) is 4.73. The molecule has 1 aromatic carbocycles. The number of carbonyl (C=O) groups is 1. The molecule has 206 valence electrons. The molecule has 3 aliphatic rings. The van der Waals surface area contributed by atoms with E-state index in [9.17, 15) is 4.79 Å². The first-order valence-corrected chi connectivity index (χ1v) is 14.9. The second-order valence-electron chi connectivity index (χ2n) is 11.5. The highest BCUT2D eigenvalue weighted by Gasteiger charge is 2.43. The summed E-state index contributed by atoms with van der Waals surface area (Å²) >= 11 is 1.60. The molecule has 3 fully saturated rings. The van der Waals surface area contributed by atoms with Crippen LogP contribution in [0.15, 0.2) is 36.5 Å². The largest absolute Gasteiger partial charge is 0.345 e. The highest BCUT2D eigenvalue weighted by atomic mass is 32.1. The topological polar surface area (TPSA) is 90.4 Å². The number of fused-ring (bicyclic) bond motifs is 3. The molecule has 9 nitrogen and oxygen atoms in total. The SMILES string of the molecule is CCN1C[C@@H]2C[C@H]1CN2c1nc(C)cc(Nc2cc3nc(-c4cc(C(=O)N(C)C)cc(C5CC5)c4)sc3cn2)n1. The molecule has 2 atom stereocenters. The van der Waals surface area contributed by atoms with Gasteiger partial charge in [-0.1, -0.05) is 6.92 Å². The number of rotatable bonds is 7. The maximum atomic E-state index is 12.8. The number of pyridine rings is 1. The number of thiazole rings is 1. The summed E-state index contributed by atoms with van der Waals surface area (Å²) in [5.74, 6) is 2.79. The standard InChI is InChI=1S/C30H34N8OS/c1-5-37-15-23-12-22(37)16-38(23)30-32-17(2)8-27(35-30)34-26-13-24-25(14-31-26)40-28(33-24)20-9-19(18-6-7-18)10-21(11-20)29(39)36(3)4/h8-11,13-14,18,22-23H,5-7,12,15-16H2,1-4H3,(H,31,32,34,35)/t22-,23-/m0/s1. The fraction of sp³-hybridized carbons (Fsp3) is 0.433. The van der Waals surface area contributed by atoms with Gasteiger partial charge in [0.15, 0.2) is 0 Å². The van der Waals surface area contributed by atoms with Crippen LogP contribution in [-0.2, 0) is 0 Å². The zero-order chi connectivity index (χ0) is 27.5. The number of hydrogen-bond acceptors (Lipinski definition) is 9. The van der Waals surface area contributed by atoms with Gasteiger partial charge in [-0.15, -0.1) is 11.3 Å². The van der Waals surface area contributed by atoms with E-state index in [1.807, 2.05) is 37.4 Å². The summed E-state index contributed by atoms with van der Waals surface area (Å²) < 4.78 is 1.01. The summed E-state index contributed by atoms with van der Waals surface area (Å²) in [7, 11) is 3.59. The number of benzene rings is 1. The lowest BCUT2D eigenvalue weighted by molar-refractivity contribution is 0.0827. The van der Waals surface area contributed by atoms with E-state index in [4.69, 9.17) is 15.0 Å². The van der Waals surface area contributed by atoms with E-state index in [0.29, 0.717) is 29.4 Å². The minimum Gasteiger partial charge on any atom is -0.345 e. The van der Waals surface area contributed by atoms with Crippen LogP contribution in [0.2, 0.25) is 0 Å². The first-order chi connectivity index (χ1) is 19.3. The van der Waals surface area contributed by atoms with Crippen LogP contribution in [0.1, 0.15) is 53.7 Å². The van der Waals surface area contributed by atoms with Crippen molar-refractivity contribution < 1.29 is 4.79 Å². The van der Waals surface area contributed by atoms with Gasteiger partial charge in [0, 0.05) is 74.4 Å². The Balaban J connectivity index is 1.15. The van der Waals surface area contributed by atoms with Crippen molar-refractivity contribution in [1.82, 2.24) is 29.7 Å². The van der Waals surface area contributed by atoms with Gasteiger partial charge in [0.25, 0.3) is 5.91 Å². The molecule has 1 saturated carbocycles. The molecule has 1 aliphatic carbocycles. The molecule has 1 amide bonds. The van der Waals surface area contributed by atoms with Crippen LogP contribution in [0.4, 0.5) is 17.6 Å². The van der Waals surface area contributed by atoms with Crippen LogP contribution < -0.4 is 10.2 Å². The summed E-state index contributed by atoms with van der Waals surface area (Å²) in [6, 6.07) is 11.2. The zero-order valence-electron chi connectivity index (χ0n) is 23.4. The van der Waals surface area contributed by atoms with Gasteiger partial charge in [-0.05, 0) is 62.4 Å². The molecule has 3 aromatic heterocycles. The van der Waals surface area contributed by atoms with Gasteiger partial charge in [-0.25, -0.2) is 15.0 Å². The average Bonchev–Trinajstić information content (AvgIpc) is 3.40. The van der Waals surface area contributed by atoms with E-state index in [1.54, 1.807) is 30.3 Å². The van der Waals surface area contributed by atoms with Crippen molar-refractivity contribution >= 4 is 45.0 Å². The molecule has 2 bridgehead atoms. The van der Waals surface area contributed by atoms with Crippen molar-refractivity contribution in [3.63, 3.8) is 0 Å². The monoisotopic (exact) mass is 554 g/mol. The minimum absolute atomic E-state index is 0.0157. The first kappa shape index (κ1) is 25.3. The maximum absolute atomic E-state index is 12.8. The Labute approximate surface area is 238 Å². The van der Waals surface area contributed by atoms with E-state index in [2.05, 4.69) is 33.1 Å². The van der Waals surface area contributed by atoms with Crippen LogP contribution in [0.25, 0.3) is 20.8 Å². The Morgan fingerprint density at radius 2 is 1.90 bits per heavy atom. The van der Waals surface area contributed by atoms with E-state index in [1.165, 1.54) is 24.8 Å². The molecule has 4 aromatic rings. The number of carbonyl (C=O) groups excluding carboxylic acids is 1. The number of nitrogens with one attached hydrogen (secondary N) is 1. The average molecular weight is 555 g/mol. The summed E-state index contributed by atoms with van der Waals surface area (Å²) in [5, 5.41) is 4.30. The Morgan fingerprint density at radius 3 is 2.62 bits per heavy atom. The quantitative estimate of drug-likeness (QED) is 0.339. The smallest absolute Gasteiger partial charge is 0.253 e. The van der Waals surface area contributed by atoms with Gasteiger partial charge in [0.1, 0.15) is 16.6 Å². The third-order valence-electron chi connectivity index (χ3n) is 8.30. The van der Waals surface area contributed by atoms with Gasteiger partial charge >= 0.3 is 0 Å². The van der Waals surface area contributed by atoms with E-state index in [-0.39, 0.29) is 5.91 Å². The Kier molecular flexibility index (Phi) is 6.20. The summed E-state index contributed by atoms with van der Waals surface area (Å²) in [4.78, 5) is 38.6. The maximum Gasteiger partial charge on any atom is 0.253 e. The van der Waals surface area contributed by atoms with Crippen molar-refractivity contribution in [3.8, 4) is 10.6 Å². The van der Waals surface area contributed by atoms with E-state index < -0.39 is 0 Å². The second-order valence-corrected chi connectivity index (χ2v) is 12.5. The highest BCUT2D eigenvalue weighted by molar-refractivity contribution is 7.21. The predicted octanol–water partition coefficient (Wildman–Crippen LogP) is 5.06. The van der Waals surface area contributed by atoms with Crippen LogP contribution in [-0.4, -0.2) is 81.5 Å². The second kappa shape index (κ2) is 9.78. The lowest BCUT2D eigenvalue weighted by Gasteiger charge is -2.33. The highest BCUT2D eigenvalue weighted by Crippen LogP contribution is 2.42. The van der Waals surface area contributed by atoms with E-state index in [0.717, 1.165) is 57.9 Å². The van der Waals surface area contributed by atoms with Crippen LogP contribution >= 0.6 is 11.3 Å². The number of piperazine rings is 1. The number of aryl methyl sites for hydroxylation is 1. The number of hydrogen-bond donors (Lipinski definition) is 1. The van der Waals surface area contributed by atoms with Gasteiger partial charge in [-0.3, -0.25) is 9.69 Å². The van der Waals surface area contributed by atoms with Crippen molar-refractivity contribution in [1.29, 1.82) is 0 Å². The van der Waals surface area contributed by atoms with Gasteiger partial charge in [-0.2, -0.15) is 4.98 Å². The Morgan fingerprint density at radius 1 is 1.05 bits per heavy atom. The molecule has 0 spiro atoms. The minimum atomic E-state index is 0.0157. The van der Waals surface area contributed by atoms with Crippen LogP contribution in [0.5, 0.6) is 0 Å². The van der Waals surface area contributed by atoms with Crippen LogP contribution in [0.3, 0.4) is 0 Å². The molecule has 40 heavy (non-hydrogen) atoms. The number of nitrogens with zero attached hydrogens (tertiary/aromatic N) is 7. The lowest BCUT2D eigenvalue weighted by Crippen LogP contribution is -2.46. The molecule has 2 saturated heterocycles. The molecule has 5 heterocycles. The molecule has 2 aliphatic heterocycles. The molecule has 1 N–H and O–H groups in total. The number of likely N-dealkylation sites (N-methyl/N-ethyl adjacent to an activating group) is 1. The Bertz CT molecular complexity index is 1610. The molecular formula is C30H34N8OS. The molecule has 0 unspecified atom stereocenters. The fourth-order valence-electron chi connectivity index (χ4n) is 6.09. The van der Waals surface area contributed by atoms with Crippen molar-refractivity contribution in [3.05, 3.63) is 53.3 Å².